The fourth-order valence-electron chi connectivity index (χ4n) is 3.37. The number of benzene rings is 2. The van der Waals surface area contributed by atoms with Gasteiger partial charge in [-0.3, -0.25) is 9.69 Å². The molecule has 0 radical (unpaired) electrons. The summed E-state index contributed by atoms with van der Waals surface area (Å²) in [5.41, 5.74) is 2.86. The maximum absolute atomic E-state index is 12.9. The van der Waals surface area contributed by atoms with Gasteiger partial charge in [0.05, 0.1) is 13.2 Å². The summed E-state index contributed by atoms with van der Waals surface area (Å²) in [5.74, 6) is 0.615. The van der Waals surface area contributed by atoms with Gasteiger partial charge in [-0.1, -0.05) is 18.2 Å². The van der Waals surface area contributed by atoms with Crippen molar-refractivity contribution < 1.29 is 19.0 Å². The van der Waals surface area contributed by atoms with Crippen LogP contribution in [0.5, 0.6) is 5.75 Å². The molecule has 1 unspecified atom stereocenters. The van der Waals surface area contributed by atoms with Crippen LogP contribution in [-0.2, 0) is 17.6 Å². The molecule has 1 aliphatic rings. The van der Waals surface area contributed by atoms with E-state index >= 15 is 0 Å². The Labute approximate surface area is 153 Å². The van der Waals surface area contributed by atoms with Crippen molar-refractivity contribution in [3.05, 3.63) is 65.0 Å². The first-order valence-electron chi connectivity index (χ1n) is 8.88. The van der Waals surface area contributed by atoms with E-state index in [4.69, 9.17) is 4.74 Å². The molecule has 0 aliphatic carbocycles. The molecule has 2 aromatic carbocycles. The van der Waals surface area contributed by atoms with Crippen LogP contribution in [0.3, 0.4) is 0 Å². The van der Waals surface area contributed by atoms with Crippen molar-refractivity contribution in [1.82, 2.24) is 4.90 Å². The number of halogens is 1. The van der Waals surface area contributed by atoms with Crippen molar-refractivity contribution in [3.8, 4) is 5.75 Å². The second-order valence-electron chi connectivity index (χ2n) is 6.72. The molecular formula is C21H24FNO3. The zero-order chi connectivity index (χ0) is 18.5. The maximum atomic E-state index is 12.9. The van der Waals surface area contributed by atoms with Gasteiger partial charge in [0.25, 0.3) is 0 Å². The topological polar surface area (TPSA) is 49.8 Å². The number of carbonyl (C=O) groups excluding carboxylic acids is 1. The molecule has 1 aliphatic heterocycles. The molecule has 0 fully saturated rings. The van der Waals surface area contributed by atoms with E-state index in [-0.39, 0.29) is 11.6 Å². The number of β-amino-alcohol motifs (C(OH)–C–C–N with tert-alkyl or cyclic N) is 1. The van der Waals surface area contributed by atoms with Crippen molar-refractivity contribution in [2.75, 3.05) is 26.7 Å². The minimum atomic E-state index is -0.564. The fourth-order valence-corrected chi connectivity index (χ4v) is 3.37. The summed E-state index contributed by atoms with van der Waals surface area (Å²) in [6, 6.07) is 11.8. The number of methoxy groups -OCH3 is 1. The Morgan fingerprint density at radius 1 is 1.27 bits per heavy atom. The monoisotopic (exact) mass is 357 g/mol. The first kappa shape index (κ1) is 18.5. The quantitative estimate of drug-likeness (QED) is 0.864. The third-order valence-electron chi connectivity index (χ3n) is 4.86. The highest BCUT2D eigenvalue weighted by molar-refractivity contribution is 5.81. The van der Waals surface area contributed by atoms with Crippen LogP contribution in [0.15, 0.2) is 42.5 Å². The van der Waals surface area contributed by atoms with E-state index in [1.807, 2.05) is 18.2 Å². The average molecular weight is 357 g/mol. The van der Waals surface area contributed by atoms with Gasteiger partial charge in [0, 0.05) is 32.5 Å². The highest BCUT2D eigenvalue weighted by Gasteiger charge is 2.22. The molecule has 0 aromatic heterocycles. The summed E-state index contributed by atoms with van der Waals surface area (Å²) in [6.45, 7) is 1.92. The van der Waals surface area contributed by atoms with E-state index in [1.165, 1.54) is 12.1 Å². The highest BCUT2D eigenvalue weighted by atomic mass is 19.1. The molecular weight excluding hydrogens is 333 g/mol. The van der Waals surface area contributed by atoms with Gasteiger partial charge in [0.1, 0.15) is 17.3 Å². The van der Waals surface area contributed by atoms with Crippen LogP contribution in [0.1, 0.15) is 29.2 Å². The fraction of sp³-hybridized carbons (Fsp3) is 0.381. The van der Waals surface area contributed by atoms with Gasteiger partial charge in [-0.15, -0.1) is 0 Å². The van der Waals surface area contributed by atoms with Crippen LogP contribution >= 0.6 is 0 Å². The van der Waals surface area contributed by atoms with Gasteiger partial charge in [-0.2, -0.15) is 0 Å². The Kier molecular flexibility index (Phi) is 6.01. The number of aliphatic hydroxyl groups is 1. The Morgan fingerprint density at radius 2 is 2.04 bits per heavy atom. The molecule has 1 N–H and O–H groups in total. The maximum Gasteiger partial charge on any atom is 0.138 e. The van der Waals surface area contributed by atoms with Gasteiger partial charge in [-0.25, -0.2) is 4.39 Å². The number of ketones is 1. The number of rotatable bonds is 6. The number of aliphatic hydroxyl groups excluding tert-OH is 1. The summed E-state index contributed by atoms with van der Waals surface area (Å²) in [6.07, 6.45) is 0.985. The number of hydrogen-bond donors (Lipinski definition) is 1. The zero-order valence-corrected chi connectivity index (χ0v) is 15.0. The van der Waals surface area contributed by atoms with Crippen LogP contribution in [0.25, 0.3) is 0 Å². The molecule has 1 atom stereocenters. The van der Waals surface area contributed by atoms with Gasteiger partial charge >= 0.3 is 0 Å². The number of ether oxygens (including phenoxy) is 1. The van der Waals surface area contributed by atoms with Crippen LogP contribution in [0.4, 0.5) is 4.39 Å². The number of fused-ring (bicyclic) bond motifs is 1. The number of Topliss-reactive ketones (excluding diaryl/α,β-unsaturated/α-hetero) is 1. The second kappa shape index (κ2) is 8.43. The molecule has 3 rings (SSSR count). The summed E-state index contributed by atoms with van der Waals surface area (Å²) in [5, 5.41) is 10.5. The predicted octanol–water partition coefficient (Wildman–Crippen LogP) is 2.93. The standard InChI is InChI=1S/C21H24FNO3/c1-26-19-6-7-20-16(13-19)8-10-23(14-21(20)25)11-9-18(24)12-15-2-4-17(22)5-3-15/h2-7,13,21,25H,8-12,14H2,1H3. The minimum absolute atomic E-state index is 0.120. The van der Waals surface area contributed by atoms with Crippen molar-refractivity contribution in [2.24, 2.45) is 0 Å². The number of nitrogens with zero attached hydrogens (tertiary/aromatic N) is 1. The van der Waals surface area contributed by atoms with Crippen LogP contribution in [-0.4, -0.2) is 42.5 Å². The Hall–Kier alpha value is -2.24. The van der Waals surface area contributed by atoms with Gasteiger partial charge in [0.15, 0.2) is 0 Å². The van der Waals surface area contributed by atoms with Crippen LogP contribution in [0, 0.1) is 5.82 Å². The first-order chi connectivity index (χ1) is 12.5. The zero-order valence-electron chi connectivity index (χ0n) is 15.0. The molecule has 5 heteroatoms. The highest BCUT2D eigenvalue weighted by Crippen LogP contribution is 2.27. The van der Waals surface area contributed by atoms with Crippen molar-refractivity contribution in [3.63, 3.8) is 0 Å². The van der Waals surface area contributed by atoms with E-state index in [2.05, 4.69) is 4.90 Å². The summed E-state index contributed by atoms with van der Waals surface area (Å²) >= 11 is 0. The third-order valence-corrected chi connectivity index (χ3v) is 4.86. The normalized spacial score (nSPS) is 17.4. The summed E-state index contributed by atoms with van der Waals surface area (Å²) in [7, 11) is 1.63. The molecule has 2 aromatic rings. The molecule has 4 nitrogen and oxygen atoms in total. The molecule has 0 bridgehead atoms. The van der Waals surface area contributed by atoms with E-state index in [0.717, 1.165) is 35.4 Å². The van der Waals surface area contributed by atoms with Crippen molar-refractivity contribution in [1.29, 1.82) is 0 Å². The molecule has 26 heavy (non-hydrogen) atoms. The second-order valence-corrected chi connectivity index (χ2v) is 6.72. The molecule has 0 saturated heterocycles. The molecule has 138 valence electrons. The predicted molar refractivity (Wildman–Crippen MR) is 97.8 cm³/mol. The van der Waals surface area contributed by atoms with E-state index < -0.39 is 6.10 Å². The largest absolute Gasteiger partial charge is 0.497 e. The average Bonchev–Trinajstić information content (AvgIpc) is 2.80. The Morgan fingerprint density at radius 3 is 2.77 bits per heavy atom. The van der Waals surface area contributed by atoms with Crippen molar-refractivity contribution >= 4 is 5.78 Å². The number of hydrogen-bond acceptors (Lipinski definition) is 4. The molecule has 0 spiro atoms. The van der Waals surface area contributed by atoms with Gasteiger partial charge < -0.3 is 9.84 Å². The lowest BCUT2D eigenvalue weighted by atomic mass is 10.0. The van der Waals surface area contributed by atoms with Gasteiger partial charge in [0.2, 0.25) is 0 Å². The van der Waals surface area contributed by atoms with E-state index in [9.17, 15) is 14.3 Å². The lowest BCUT2D eigenvalue weighted by Crippen LogP contribution is -2.30. The van der Waals surface area contributed by atoms with E-state index in [1.54, 1.807) is 19.2 Å². The molecule has 0 saturated carbocycles. The minimum Gasteiger partial charge on any atom is -0.497 e. The lowest BCUT2D eigenvalue weighted by molar-refractivity contribution is -0.118. The third kappa shape index (κ3) is 4.68. The lowest BCUT2D eigenvalue weighted by Gasteiger charge is -2.21. The molecule has 1 heterocycles. The van der Waals surface area contributed by atoms with Crippen LogP contribution < -0.4 is 4.74 Å². The SMILES string of the molecule is COc1ccc2c(c1)CCN(CCC(=O)Cc1ccc(F)cc1)CC2O. The van der Waals surface area contributed by atoms with Crippen molar-refractivity contribution in [2.45, 2.75) is 25.4 Å². The Balaban J connectivity index is 1.54. The first-order valence-corrected chi connectivity index (χ1v) is 8.88. The van der Waals surface area contributed by atoms with E-state index in [0.29, 0.717) is 25.9 Å². The number of carbonyl (C=O) groups is 1. The summed E-state index contributed by atoms with van der Waals surface area (Å²) < 4.78 is 18.2. The summed E-state index contributed by atoms with van der Waals surface area (Å²) in [4.78, 5) is 14.3. The van der Waals surface area contributed by atoms with Crippen LogP contribution in [0.2, 0.25) is 0 Å². The smallest absolute Gasteiger partial charge is 0.138 e. The molecule has 0 amide bonds. The van der Waals surface area contributed by atoms with Gasteiger partial charge in [-0.05, 0) is 47.4 Å². The Bertz CT molecular complexity index is 760.